The summed E-state index contributed by atoms with van der Waals surface area (Å²) in [7, 11) is 0. The number of amides is 3. The van der Waals surface area contributed by atoms with E-state index in [1.54, 1.807) is 4.90 Å². The number of likely N-dealkylation sites (tertiary alicyclic amines) is 1. The van der Waals surface area contributed by atoms with Crippen LogP contribution in [0.1, 0.15) is 46.5 Å². The molecule has 2 unspecified atom stereocenters. The molecule has 40 heavy (non-hydrogen) atoms. The van der Waals surface area contributed by atoms with Crippen molar-refractivity contribution < 1.29 is 29.0 Å². The highest BCUT2D eigenvalue weighted by atomic mass is 16.5. The van der Waals surface area contributed by atoms with Crippen LogP contribution in [-0.4, -0.2) is 102 Å². The van der Waals surface area contributed by atoms with Crippen LogP contribution in [0.3, 0.4) is 0 Å². The van der Waals surface area contributed by atoms with E-state index >= 15 is 0 Å². The van der Waals surface area contributed by atoms with Crippen LogP contribution in [0.2, 0.25) is 0 Å². The number of hydrogen-bond acceptors (Lipinski definition) is 7. The van der Waals surface area contributed by atoms with Crippen molar-refractivity contribution in [1.82, 2.24) is 15.1 Å². The van der Waals surface area contributed by atoms with E-state index in [2.05, 4.69) is 15.5 Å². The van der Waals surface area contributed by atoms with E-state index in [1.807, 2.05) is 51.1 Å². The molecule has 3 amide bonds. The average Bonchev–Trinajstić information content (AvgIpc) is 3.56. The number of benzene rings is 1. The topological polar surface area (TPSA) is 120 Å². The first-order chi connectivity index (χ1) is 19.3. The van der Waals surface area contributed by atoms with E-state index in [9.17, 15) is 19.5 Å². The van der Waals surface area contributed by atoms with Crippen LogP contribution in [0.4, 0.5) is 5.69 Å². The summed E-state index contributed by atoms with van der Waals surface area (Å²) >= 11 is 0. The quantitative estimate of drug-likeness (QED) is 0.379. The van der Waals surface area contributed by atoms with Crippen LogP contribution < -0.4 is 10.6 Å². The predicted octanol–water partition coefficient (Wildman–Crippen LogP) is 1.64. The molecule has 0 radical (unpaired) electrons. The van der Waals surface area contributed by atoms with Gasteiger partial charge in [0.05, 0.1) is 43.3 Å². The van der Waals surface area contributed by atoms with Crippen molar-refractivity contribution >= 4 is 23.4 Å². The number of fused-ring (bicyclic) bond motifs is 1. The first-order valence-electron chi connectivity index (χ1n) is 14.8. The van der Waals surface area contributed by atoms with Crippen LogP contribution in [-0.2, 0) is 23.9 Å². The second kappa shape index (κ2) is 11.8. The van der Waals surface area contributed by atoms with Gasteiger partial charge < -0.3 is 30.1 Å². The SMILES string of the molecule is CC[C@]12CCC3(O1)C(C(=O)NCCN1CCOCC1)N([C@@H](CO)CC(C)C)C(=O)[C@@H]3[C@H]2C(=O)Nc1ccccc1. The number of carbonyl (C=O) groups excluding carboxylic acids is 3. The van der Waals surface area contributed by atoms with Gasteiger partial charge in [0, 0.05) is 31.9 Å². The number of hydrogen-bond donors (Lipinski definition) is 3. The zero-order chi connectivity index (χ0) is 28.5. The number of nitrogens with one attached hydrogen (secondary N) is 2. The number of aliphatic hydroxyl groups is 1. The van der Waals surface area contributed by atoms with Crippen molar-refractivity contribution in [1.29, 1.82) is 0 Å². The van der Waals surface area contributed by atoms with Gasteiger partial charge in [-0.25, -0.2) is 0 Å². The molecule has 1 aromatic rings. The van der Waals surface area contributed by atoms with E-state index in [0.29, 0.717) is 57.7 Å². The maximum absolute atomic E-state index is 14.4. The number of anilines is 1. The summed E-state index contributed by atoms with van der Waals surface area (Å²) in [6, 6.07) is 7.76. The summed E-state index contributed by atoms with van der Waals surface area (Å²) in [4.78, 5) is 46.1. The molecule has 2 bridgehead atoms. The van der Waals surface area contributed by atoms with Crippen LogP contribution in [0.5, 0.6) is 0 Å². The molecule has 3 N–H and O–H groups in total. The number of rotatable bonds is 11. The lowest BCUT2D eigenvalue weighted by molar-refractivity contribution is -0.150. The van der Waals surface area contributed by atoms with Gasteiger partial charge in [0.1, 0.15) is 11.6 Å². The highest BCUT2D eigenvalue weighted by Crippen LogP contribution is 2.64. The van der Waals surface area contributed by atoms with Gasteiger partial charge in [-0.2, -0.15) is 0 Å². The molecule has 220 valence electrons. The molecule has 10 nitrogen and oxygen atoms in total. The minimum atomic E-state index is -1.11. The van der Waals surface area contributed by atoms with Gasteiger partial charge in [-0.15, -0.1) is 0 Å². The van der Waals surface area contributed by atoms with Crippen LogP contribution in [0.25, 0.3) is 0 Å². The van der Waals surface area contributed by atoms with Gasteiger partial charge in [-0.05, 0) is 43.7 Å². The van der Waals surface area contributed by atoms with E-state index in [0.717, 1.165) is 13.1 Å². The molecule has 4 saturated heterocycles. The molecule has 4 heterocycles. The second-order valence-electron chi connectivity index (χ2n) is 12.1. The normalized spacial score (nSPS) is 32.4. The zero-order valence-corrected chi connectivity index (χ0v) is 23.9. The fraction of sp³-hybridized carbons (Fsp3) is 0.700. The first-order valence-corrected chi connectivity index (χ1v) is 14.8. The van der Waals surface area contributed by atoms with Crippen molar-refractivity contribution in [3.63, 3.8) is 0 Å². The molecule has 0 saturated carbocycles. The summed E-state index contributed by atoms with van der Waals surface area (Å²) in [6.45, 7) is 9.89. The fourth-order valence-corrected chi connectivity index (χ4v) is 7.57. The Kier molecular flexibility index (Phi) is 8.52. The summed E-state index contributed by atoms with van der Waals surface area (Å²) in [6.07, 6.45) is 2.22. The third kappa shape index (κ3) is 5.04. The number of ether oxygens (including phenoxy) is 2. The van der Waals surface area contributed by atoms with Crippen molar-refractivity contribution in [2.24, 2.45) is 17.8 Å². The molecule has 4 fully saturated rings. The third-order valence-corrected chi connectivity index (χ3v) is 9.37. The van der Waals surface area contributed by atoms with E-state index in [4.69, 9.17) is 9.47 Å². The molecule has 1 aromatic carbocycles. The summed E-state index contributed by atoms with van der Waals surface area (Å²) in [5.74, 6) is -2.12. The molecule has 4 aliphatic heterocycles. The van der Waals surface area contributed by atoms with E-state index in [1.165, 1.54) is 0 Å². The Balaban J connectivity index is 1.46. The van der Waals surface area contributed by atoms with Gasteiger partial charge in [-0.1, -0.05) is 39.0 Å². The smallest absolute Gasteiger partial charge is 0.245 e. The van der Waals surface area contributed by atoms with Gasteiger partial charge in [-0.3, -0.25) is 19.3 Å². The molecule has 0 aromatic heterocycles. The molecule has 4 aliphatic rings. The Labute approximate surface area is 236 Å². The average molecular weight is 557 g/mol. The lowest BCUT2D eigenvalue weighted by Gasteiger charge is -2.38. The number of aliphatic hydroxyl groups excluding tert-OH is 1. The highest BCUT2D eigenvalue weighted by Gasteiger charge is 2.79. The summed E-state index contributed by atoms with van der Waals surface area (Å²) in [5.41, 5.74) is -1.27. The molecule has 10 heteroatoms. The van der Waals surface area contributed by atoms with Gasteiger partial charge >= 0.3 is 0 Å². The Hall–Kier alpha value is -2.53. The van der Waals surface area contributed by atoms with Gasteiger partial charge in [0.25, 0.3) is 0 Å². The van der Waals surface area contributed by atoms with Crippen LogP contribution in [0, 0.1) is 17.8 Å². The highest BCUT2D eigenvalue weighted by molar-refractivity contribution is 6.02. The maximum atomic E-state index is 14.4. The van der Waals surface area contributed by atoms with Gasteiger partial charge in [0.15, 0.2) is 0 Å². The molecule has 5 rings (SSSR count). The lowest BCUT2D eigenvalue weighted by Crippen LogP contribution is -2.58. The Morgan fingerprint density at radius 3 is 2.50 bits per heavy atom. The largest absolute Gasteiger partial charge is 0.394 e. The van der Waals surface area contributed by atoms with Crippen molar-refractivity contribution in [3.8, 4) is 0 Å². The Morgan fingerprint density at radius 2 is 1.85 bits per heavy atom. The number of morpholine rings is 1. The summed E-state index contributed by atoms with van der Waals surface area (Å²) in [5, 5.41) is 16.5. The van der Waals surface area contributed by atoms with E-state index < -0.39 is 35.1 Å². The molecular weight excluding hydrogens is 512 g/mol. The molecular formula is C30H44N4O6. The van der Waals surface area contributed by atoms with Crippen LogP contribution in [0.15, 0.2) is 30.3 Å². The van der Waals surface area contributed by atoms with Crippen molar-refractivity contribution in [2.45, 2.75) is 69.7 Å². The predicted molar refractivity (Wildman–Crippen MR) is 149 cm³/mol. The minimum absolute atomic E-state index is 0.198. The molecule has 0 aliphatic carbocycles. The minimum Gasteiger partial charge on any atom is -0.394 e. The number of carbonyl (C=O) groups is 3. The Morgan fingerprint density at radius 1 is 1.12 bits per heavy atom. The zero-order valence-electron chi connectivity index (χ0n) is 23.9. The second-order valence-corrected chi connectivity index (χ2v) is 12.1. The van der Waals surface area contributed by atoms with Crippen LogP contribution >= 0.6 is 0 Å². The first kappa shape index (κ1) is 29.0. The fourth-order valence-electron chi connectivity index (χ4n) is 7.57. The lowest BCUT2D eigenvalue weighted by atomic mass is 9.65. The third-order valence-electron chi connectivity index (χ3n) is 9.37. The molecule has 6 atom stereocenters. The van der Waals surface area contributed by atoms with E-state index in [-0.39, 0.29) is 30.2 Å². The monoisotopic (exact) mass is 556 g/mol. The van der Waals surface area contributed by atoms with Crippen molar-refractivity contribution in [2.75, 3.05) is 51.3 Å². The summed E-state index contributed by atoms with van der Waals surface area (Å²) < 4.78 is 12.3. The number of para-hydroxylation sites is 1. The Bertz CT molecular complexity index is 1080. The maximum Gasteiger partial charge on any atom is 0.245 e. The standard InChI is InChI=1S/C30H44N4O6/c1-4-29-10-11-30(40-29)24(23(29)26(36)32-21-8-6-5-7-9-21)28(38)34(22(19-35)18-20(2)3)25(30)27(37)31-12-13-33-14-16-39-17-15-33/h5-9,20,22-25,35H,4,10-19H2,1-3H3,(H,31,37)(H,32,36)/t22-,23+,24+,25?,29-,30?/m1/s1. The number of nitrogens with zero attached hydrogens (tertiary/aromatic N) is 2. The van der Waals surface area contributed by atoms with Gasteiger partial charge in [0.2, 0.25) is 17.7 Å². The molecule has 1 spiro atoms. The van der Waals surface area contributed by atoms with Crippen molar-refractivity contribution in [3.05, 3.63) is 30.3 Å².